The molecule has 0 aromatic heterocycles. The Labute approximate surface area is 219 Å². The molecule has 3 aliphatic heterocycles. The zero-order chi connectivity index (χ0) is 26.5. The minimum atomic E-state index is -0.599. The van der Waals surface area contributed by atoms with Crippen LogP contribution in [-0.2, 0) is 26.1 Å². The third-order valence-electron chi connectivity index (χ3n) is 6.62. The largest absolute Gasteiger partial charge is 0.485 e. The molecule has 38 heavy (non-hydrogen) atoms. The average molecular weight is 518 g/mol. The molecule has 0 saturated heterocycles. The van der Waals surface area contributed by atoms with Gasteiger partial charge in [0.05, 0.1) is 11.5 Å². The monoisotopic (exact) mass is 517 g/mol. The highest BCUT2D eigenvalue weighted by Gasteiger charge is 2.24. The lowest BCUT2D eigenvalue weighted by molar-refractivity contribution is -0.128. The number of nitrogens with zero attached hydrogens (tertiary/aromatic N) is 6. The number of carbonyl (C=O) groups is 2. The first-order chi connectivity index (χ1) is 18.5. The number of aryl methyl sites for hydroxylation is 1. The summed E-state index contributed by atoms with van der Waals surface area (Å²) in [5.74, 6) is -0.121. The molecule has 1 N–H and O–H groups in total. The van der Waals surface area contributed by atoms with Crippen LogP contribution in [0.15, 0.2) is 58.4 Å². The minimum Gasteiger partial charge on any atom is -0.485 e. The van der Waals surface area contributed by atoms with Gasteiger partial charge in [0.2, 0.25) is 0 Å². The number of rotatable bonds is 4. The second-order valence-electron chi connectivity index (χ2n) is 9.58. The maximum atomic E-state index is 12.4. The maximum Gasteiger partial charge on any atom is 0.271 e. The van der Waals surface area contributed by atoms with Crippen molar-refractivity contribution in [3.63, 3.8) is 0 Å². The summed E-state index contributed by atoms with van der Waals surface area (Å²) >= 11 is 0. The lowest BCUT2D eigenvalue weighted by Gasteiger charge is -2.24. The topological polar surface area (TPSA) is 123 Å². The molecule has 5 aliphatic rings. The van der Waals surface area contributed by atoms with Crippen molar-refractivity contribution in [3.05, 3.63) is 69.8 Å². The Kier molecular flexibility index (Phi) is 7.73. The molecule has 1 unspecified atom stereocenters. The van der Waals surface area contributed by atoms with Gasteiger partial charge in [0.15, 0.2) is 12.1 Å². The van der Waals surface area contributed by atoms with Crippen molar-refractivity contribution < 1.29 is 19.1 Å². The van der Waals surface area contributed by atoms with Gasteiger partial charge >= 0.3 is 0 Å². The predicted molar refractivity (Wildman–Crippen MR) is 139 cm³/mol. The maximum absolute atomic E-state index is 12.4. The van der Waals surface area contributed by atoms with E-state index in [0.717, 1.165) is 41.8 Å². The van der Waals surface area contributed by atoms with Gasteiger partial charge in [0.25, 0.3) is 11.8 Å². The first-order valence-corrected chi connectivity index (χ1v) is 12.7. The zero-order valence-electron chi connectivity index (χ0n) is 21.5. The molecule has 1 fully saturated rings. The van der Waals surface area contributed by atoms with Crippen molar-refractivity contribution in [3.8, 4) is 0 Å². The number of amides is 2. The molecule has 0 spiro atoms. The van der Waals surface area contributed by atoms with Crippen molar-refractivity contribution in [2.24, 2.45) is 17.0 Å². The Balaban J connectivity index is 1.50. The highest BCUT2D eigenvalue weighted by Crippen LogP contribution is 2.24. The Morgan fingerprint density at radius 2 is 2.05 bits per heavy atom. The van der Waals surface area contributed by atoms with E-state index in [9.17, 15) is 9.59 Å². The van der Waals surface area contributed by atoms with Gasteiger partial charge in [-0.1, -0.05) is 12.8 Å². The van der Waals surface area contributed by atoms with Gasteiger partial charge in [0.1, 0.15) is 24.0 Å². The van der Waals surface area contributed by atoms with Crippen LogP contribution in [0.2, 0.25) is 0 Å². The van der Waals surface area contributed by atoms with Crippen LogP contribution in [0, 0.1) is 10.7 Å². The number of carbonyl (C=O) groups excluding carboxylic acids is 2. The number of ether oxygens (including phenoxy) is 2. The van der Waals surface area contributed by atoms with Crippen molar-refractivity contribution in [2.45, 2.75) is 44.2 Å². The highest BCUT2D eigenvalue weighted by atomic mass is 16.5. The van der Waals surface area contributed by atoms with Crippen molar-refractivity contribution in [1.82, 2.24) is 24.8 Å². The molecule has 0 radical (unpaired) electrons. The standard InChI is InChI=1S/C27H31N7O4/c1-33-11-5-10-28-23(35)15-38-22-12-20(8-9-21(22)37-16-24(36)31-19-6-3-4-7-19)32-27-25-18(14-33)13-29-26(25)30-17-34(27)2/h5,8-11,13-14,17,19,22H,3-4,6-7,12,15-16H2,1-2H3,(H,31,36)/b11-5+,18-14-,28-10?,32-27?. The fraction of sp³-hybridized carbons (Fsp3) is 0.407. The Morgan fingerprint density at radius 3 is 2.89 bits per heavy atom. The Morgan fingerprint density at radius 1 is 1.21 bits per heavy atom. The van der Waals surface area contributed by atoms with E-state index in [4.69, 9.17) is 14.5 Å². The molecule has 1 atom stereocenters. The molecule has 2 aliphatic carbocycles. The molecule has 198 valence electrons. The summed E-state index contributed by atoms with van der Waals surface area (Å²) in [6, 6.07) is 0.214. The number of fused-ring (bicyclic) bond motifs is 2. The zero-order valence-corrected chi connectivity index (χ0v) is 21.5. The van der Waals surface area contributed by atoms with Crippen LogP contribution in [0.25, 0.3) is 6.20 Å². The normalized spacial score (nSPS) is 22.3. The van der Waals surface area contributed by atoms with Crippen molar-refractivity contribution >= 4 is 24.2 Å². The Hall–Kier alpha value is -4.12. The van der Waals surface area contributed by atoms with E-state index < -0.39 is 12.0 Å². The van der Waals surface area contributed by atoms with E-state index in [-0.39, 0.29) is 25.2 Å². The molecule has 0 aromatic carbocycles. The van der Waals surface area contributed by atoms with Crippen molar-refractivity contribution in [2.75, 3.05) is 20.3 Å². The molecule has 2 bridgehead atoms. The molecular formula is C27H31N7O4. The second kappa shape index (κ2) is 11.5. The van der Waals surface area contributed by atoms with Crippen LogP contribution in [0.5, 0.6) is 0 Å². The molecule has 11 heteroatoms. The van der Waals surface area contributed by atoms with Gasteiger partial charge in [-0.15, -0.1) is 0 Å². The smallest absolute Gasteiger partial charge is 0.271 e. The van der Waals surface area contributed by atoms with E-state index in [1.54, 1.807) is 30.9 Å². The van der Waals surface area contributed by atoms with Crippen LogP contribution in [0.4, 0.5) is 0 Å². The summed E-state index contributed by atoms with van der Waals surface area (Å²) in [6.07, 6.45) is 17.8. The average Bonchev–Trinajstić information content (AvgIpc) is 3.56. The van der Waals surface area contributed by atoms with Gasteiger partial charge in [0, 0.05) is 62.3 Å². The van der Waals surface area contributed by atoms with Gasteiger partial charge < -0.3 is 24.3 Å². The van der Waals surface area contributed by atoms with E-state index in [1.807, 2.05) is 35.8 Å². The number of nitrogens with one attached hydrogen (secondary N) is 1. The SMILES string of the molecule is CN1/C=C/C=NC(=O)COC2CC(=CC=C2OCC(=O)NC2CCCC2)N=c2c3/c(cnc=3ncn2C)=C\1. The van der Waals surface area contributed by atoms with Gasteiger partial charge in [-0.2, -0.15) is 0 Å². The fourth-order valence-electron chi connectivity index (χ4n) is 4.73. The van der Waals surface area contributed by atoms with E-state index >= 15 is 0 Å². The summed E-state index contributed by atoms with van der Waals surface area (Å²) < 4.78 is 13.6. The lowest BCUT2D eigenvalue weighted by Crippen LogP contribution is -2.36. The lowest BCUT2D eigenvalue weighted by atomic mass is 10.1. The van der Waals surface area contributed by atoms with E-state index in [0.29, 0.717) is 23.1 Å². The number of hydrogen-bond acceptors (Lipinski definition) is 8. The molecule has 2 amide bonds. The van der Waals surface area contributed by atoms with E-state index in [1.165, 1.54) is 6.21 Å². The summed E-state index contributed by atoms with van der Waals surface area (Å²) in [4.78, 5) is 44.3. The highest BCUT2D eigenvalue weighted by molar-refractivity contribution is 5.89. The van der Waals surface area contributed by atoms with Gasteiger partial charge in [-0.3, -0.25) is 9.59 Å². The second-order valence-corrected chi connectivity index (χ2v) is 9.58. The first kappa shape index (κ1) is 25.5. The fourth-order valence-corrected chi connectivity index (χ4v) is 4.73. The first-order valence-electron chi connectivity index (χ1n) is 12.7. The molecule has 3 heterocycles. The molecule has 5 rings (SSSR count). The van der Waals surface area contributed by atoms with Crippen molar-refractivity contribution in [1.29, 1.82) is 0 Å². The molecule has 1 saturated carbocycles. The van der Waals surface area contributed by atoms with Crippen LogP contribution in [0.1, 0.15) is 32.1 Å². The number of hydrogen-bond donors (Lipinski definition) is 1. The van der Waals surface area contributed by atoms with E-state index in [2.05, 4.69) is 20.3 Å². The molecular weight excluding hydrogens is 486 g/mol. The minimum absolute atomic E-state index is 0.120. The molecule has 11 nitrogen and oxygen atoms in total. The summed E-state index contributed by atoms with van der Waals surface area (Å²) in [7, 11) is 3.75. The third-order valence-corrected chi connectivity index (χ3v) is 6.62. The van der Waals surface area contributed by atoms with Crippen LogP contribution < -0.4 is 16.0 Å². The van der Waals surface area contributed by atoms with Gasteiger partial charge in [-0.05, 0) is 31.1 Å². The number of allylic oxidation sites excluding steroid dienone is 3. The predicted octanol–water partition coefficient (Wildman–Crippen LogP) is 0.586. The Bertz CT molecular complexity index is 1510. The number of aliphatic imine (C=N–C) groups is 1. The summed E-state index contributed by atoms with van der Waals surface area (Å²) in [5, 5.41) is 4.69. The quantitative estimate of drug-likeness (QED) is 0.630. The summed E-state index contributed by atoms with van der Waals surface area (Å²) in [6.45, 7) is -0.353. The van der Waals surface area contributed by atoms with Crippen LogP contribution in [-0.4, -0.2) is 69.9 Å². The molecule has 0 aromatic rings. The number of aromatic nitrogens is 3. The van der Waals surface area contributed by atoms with Gasteiger partial charge in [-0.25, -0.2) is 20.0 Å². The summed E-state index contributed by atoms with van der Waals surface area (Å²) in [5.41, 5.74) is 2.01. The van der Waals surface area contributed by atoms with Crippen LogP contribution >= 0.6 is 0 Å². The van der Waals surface area contributed by atoms with Crippen LogP contribution in [0.3, 0.4) is 0 Å². The third kappa shape index (κ3) is 6.05.